The topological polar surface area (TPSA) is 93.2 Å². The minimum Gasteiger partial charge on any atom is -0.444 e. The van der Waals surface area contributed by atoms with Gasteiger partial charge in [-0.1, -0.05) is 12.1 Å². The van der Waals surface area contributed by atoms with E-state index in [0.717, 1.165) is 5.69 Å². The maximum atomic E-state index is 11.7. The smallest absolute Gasteiger partial charge is 0.413 e. The van der Waals surface area contributed by atoms with Crippen LogP contribution < -0.4 is 10.6 Å². The first-order chi connectivity index (χ1) is 11.2. The summed E-state index contributed by atoms with van der Waals surface area (Å²) in [5.74, 6) is 0.763. The third-order valence-corrected chi connectivity index (χ3v) is 2.84. The molecule has 2 rings (SSSR count). The summed E-state index contributed by atoms with van der Waals surface area (Å²) in [6.07, 6.45) is -0.591. The molecule has 0 atom stereocenters. The lowest BCUT2D eigenvalue weighted by Gasteiger charge is -2.19. The van der Waals surface area contributed by atoms with Gasteiger partial charge in [0.1, 0.15) is 5.60 Å². The highest BCUT2D eigenvalue weighted by atomic mass is 16.6. The van der Waals surface area contributed by atoms with Crippen molar-refractivity contribution in [2.75, 3.05) is 10.6 Å². The molecular weight excluding hydrogens is 308 g/mol. The van der Waals surface area contributed by atoms with Crippen LogP contribution in [0, 0.1) is 0 Å². The molecule has 7 nitrogen and oxygen atoms in total. The van der Waals surface area contributed by atoms with E-state index in [2.05, 4.69) is 20.8 Å². The summed E-state index contributed by atoms with van der Waals surface area (Å²) in [6.45, 7) is 6.84. The molecule has 7 heteroatoms. The molecule has 0 radical (unpaired) electrons. The van der Waals surface area contributed by atoms with Crippen molar-refractivity contribution in [1.82, 2.24) is 10.2 Å². The van der Waals surface area contributed by atoms with Gasteiger partial charge in [-0.3, -0.25) is 10.1 Å². The van der Waals surface area contributed by atoms with Crippen molar-refractivity contribution in [2.45, 2.75) is 33.3 Å². The number of hydrogen-bond acceptors (Lipinski definition) is 6. The van der Waals surface area contributed by atoms with Gasteiger partial charge in [0.2, 0.25) is 0 Å². The fourth-order valence-corrected chi connectivity index (χ4v) is 1.84. The molecule has 1 amide bonds. The minimum absolute atomic E-state index is 0.0124. The highest BCUT2D eigenvalue weighted by Crippen LogP contribution is 2.17. The Bertz CT molecular complexity index is 736. The van der Waals surface area contributed by atoms with Crippen molar-refractivity contribution < 1.29 is 14.3 Å². The second-order valence-electron chi connectivity index (χ2n) is 6.19. The molecule has 0 saturated carbocycles. The number of nitrogens with zero attached hydrogens (tertiary/aromatic N) is 2. The zero-order valence-corrected chi connectivity index (χ0v) is 14.1. The standard InChI is InChI=1S/C17H20N4O3/c1-11(22)12-6-5-7-13(10-12)18-14-8-9-15(21-20-14)19-16(23)24-17(2,3)4/h5-10H,1-4H3,(H,18,20)(H,19,21,23). The molecule has 0 saturated heterocycles. The fraction of sp³-hybridized carbons (Fsp3) is 0.294. The predicted molar refractivity (Wildman–Crippen MR) is 91.6 cm³/mol. The van der Waals surface area contributed by atoms with Crippen LogP contribution in [0.5, 0.6) is 0 Å². The van der Waals surface area contributed by atoms with E-state index in [4.69, 9.17) is 4.74 Å². The van der Waals surface area contributed by atoms with Crippen molar-refractivity contribution >= 4 is 29.2 Å². The van der Waals surface area contributed by atoms with E-state index in [0.29, 0.717) is 11.4 Å². The van der Waals surface area contributed by atoms with E-state index in [9.17, 15) is 9.59 Å². The number of amides is 1. The van der Waals surface area contributed by atoms with E-state index in [1.807, 2.05) is 6.07 Å². The molecule has 2 aromatic rings. The molecule has 1 heterocycles. The van der Waals surface area contributed by atoms with Crippen LogP contribution >= 0.6 is 0 Å². The lowest BCUT2D eigenvalue weighted by atomic mass is 10.1. The summed E-state index contributed by atoms with van der Waals surface area (Å²) < 4.78 is 5.14. The second kappa shape index (κ2) is 7.08. The van der Waals surface area contributed by atoms with Crippen LogP contribution in [0.3, 0.4) is 0 Å². The van der Waals surface area contributed by atoms with Crippen molar-refractivity contribution in [2.24, 2.45) is 0 Å². The molecule has 0 bridgehead atoms. The molecule has 0 aliphatic heterocycles. The highest BCUT2D eigenvalue weighted by Gasteiger charge is 2.16. The summed E-state index contributed by atoms with van der Waals surface area (Å²) in [5, 5.41) is 13.4. The Morgan fingerprint density at radius 3 is 2.29 bits per heavy atom. The number of benzene rings is 1. The number of carbonyl (C=O) groups excluding carboxylic acids is 2. The molecule has 0 unspecified atom stereocenters. The number of rotatable bonds is 4. The van der Waals surface area contributed by atoms with Crippen LogP contribution in [0.1, 0.15) is 38.1 Å². The number of aromatic nitrogens is 2. The monoisotopic (exact) mass is 328 g/mol. The fourth-order valence-electron chi connectivity index (χ4n) is 1.84. The first-order valence-electron chi connectivity index (χ1n) is 7.45. The lowest BCUT2D eigenvalue weighted by molar-refractivity contribution is 0.0635. The van der Waals surface area contributed by atoms with Gasteiger partial charge in [-0.2, -0.15) is 0 Å². The van der Waals surface area contributed by atoms with Gasteiger partial charge < -0.3 is 10.1 Å². The van der Waals surface area contributed by atoms with Crippen molar-refractivity contribution in [3.05, 3.63) is 42.0 Å². The van der Waals surface area contributed by atoms with Crippen LogP contribution in [0.2, 0.25) is 0 Å². The zero-order chi connectivity index (χ0) is 17.7. The zero-order valence-electron chi connectivity index (χ0n) is 14.1. The van der Waals surface area contributed by atoms with Crippen molar-refractivity contribution in [1.29, 1.82) is 0 Å². The van der Waals surface area contributed by atoms with Crippen molar-refractivity contribution in [3.8, 4) is 0 Å². The largest absolute Gasteiger partial charge is 0.444 e. The number of carbonyl (C=O) groups is 2. The van der Waals surface area contributed by atoms with Crippen LogP contribution in [-0.4, -0.2) is 27.7 Å². The van der Waals surface area contributed by atoms with Gasteiger partial charge in [-0.25, -0.2) is 4.79 Å². The third kappa shape index (κ3) is 5.35. The molecule has 126 valence electrons. The first-order valence-corrected chi connectivity index (χ1v) is 7.45. The van der Waals surface area contributed by atoms with Gasteiger partial charge in [0.25, 0.3) is 0 Å². The Hall–Kier alpha value is -2.96. The van der Waals surface area contributed by atoms with Crippen LogP contribution in [-0.2, 0) is 4.74 Å². The average Bonchev–Trinajstić information content (AvgIpc) is 2.47. The van der Waals surface area contributed by atoms with Gasteiger partial charge in [0.15, 0.2) is 17.4 Å². The van der Waals surface area contributed by atoms with E-state index >= 15 is 0 Å². The summed E-state index contributed by atoms with van der Waals surface area (Å²) >= 11 is 0. The molecule has 1 aromatic carbocycles. The predicted octanol–water partition coefficient (Wildman–Crippen LogP) is 3.77. The molecule has 0 fully saturated rings. The number of anilines is 3. The Balaban J connectivity index is 2.01. The van der Waals surface area contributed by atoms with Gasteiger partial charge >= 0.3 is 6.09 Å². The number of ether oxygens (including phenoxy) is 1. The maximum Gasteiger partial charge on any atom is 0.413 e. The van der Waals surface area contributed by atoms with E-state index in [1.165, 1.54) is 6.92 Å². The summed E-state index contributed by atoms with van der Waals surface area (Å²) in [4.78, 5) is 23.0. The van der Waals surface area contributed by atoms with Crippen LogP contribution in [0.4, 0.5) is 22.1 Å². The molecule has 2 N–H and O–H groups in total. The van der Waals surface area contributed by atoms with Crippen LogP contribution in [0.25, 0.3) is 0 Å². The summed E-state index contributed by atoms with van der Waals surface area (Å²) in [6, 6.07) is 10.4. The van der Waals surface area contributed by atoms with Gasteiger partial charge in [0, 0.05) is 11.3 Å². The minimum atomic E-state index is -0.591. The van der Waals surface area contributed by atoms with Gasteiger partial charge in [-0.05, 0) is 52.0 Å². The molecule has 24 heavy (non-hydrogen) atoms. The Morgan fingerprint density at radius 1 is 1.04 bits per heavy atom. The van der Waals surface area contributed by atoms with E-state index in [1.54, 1.807) is 51.1 Å². The number of Topliss-reactive ketones (excluding diaryl/α,β-unsaturated/α-hetero) is 1. The average molecular weight is 328 g/mol. The number of nitrogens with one attached hydrogen (secondary N) is 2. The summed E-state index contributed by atoms with van der Waals surface area (Å²) in [5.41, 5.74) is 0.752. The van der Waals surface area contributed by atoms with Gasteiger partial charge in [0.05, 0.1) is 0 Å². The Labute approximate surface area is 140 Å². The molecule has 0 aliphatic rings. The first kappa shape index (κ1) is 17.4. The molecule has 0 spiro atoms. The lowest BCUT2D eigenvalue weighted by Crippen LogP contribution is -2.27. The van der Waals surface area contributed by atoms with Gasteiger partial charge in [-0.15, -0.1) is 10.2 Å². The number of hydrogen-bond donors (Lipinski definition) is 2. The number of ketones is 1. The maximum absolute atomic E-state index is 11.7. The SMILES string of the molecule is CC(=O)c1cccc(Nc2ccc(NC(=O)OC(C)(C)C)nn2)c1. The third-order valence-electron chi connectivity index (χ3n) is 2.84. The molecule has 0 aliphatic carbocycles. The van der Waals surface area contributed by atoms with Crippen molar-refractivity contribution in [3.63, 3.8) is 0 Å². The Morgan fingerprint density at radius 2 is 1.71 bits per heavy atom. The quantitative estimate of drug-likeness (QED) is 0.830. The van der Waals surface area contributed by atoms with E-state index < -0.39 is 11.7 Å². The Kier molecular flexibility index (Phi) is 5.13. The van der Waals surface area contributed by atoms with E-state index in [-0.39, 0.29) is 11.6 Å². The summed E-state index contributed by atoms with van der Waals surface area (Å²) in [7, 11) is 0. The molecular formula is C17H20N4O3. The second-order valence-corrected chi connectivity index (χ2v) is 6.19. The van der Waals surface area contributed by atoms with Crippen LogP contribution in [0.15, 0.2) is 36.4 Å². The normalized spacial score (nSPS) is 10.8. The highest BCUT2D eigenvalue weighted by molar-refractivity contribution is 5.95. The molecule has 1 aromatic heterocycles.